The maximum atomic E-state index is 13.5. The Bertz CT molecular complexity index is 1650. The maximum Gasteiger partial charge on any atom is 0.278 e. The average molecular weight is 485 g/mol. The standard InChI is InChI=1S/C27H22ClN5O2/c1-17-8-7-13-32-24(17)31-25-21(27(32)35)14-20(23(29)33(25)16-18-9-3-2-4-10-18)26(34)30-15-19-11-5-6-12-22(19)28/h2-14,29H,15-16H2,1H3,(H,30,34)/p+1. The predicted octanol–water partition coefficient (Wildman–Crippen LogP) is 3.66. The van der Waals surface area contributed by atoms with E-state index in [-0.39, 0.29) is 23.5 Å². The van der Waals surface area contributed by atoms with E-state index < -0.39 is 5.91 Å². The van der Waals surface area contributed by atoms with Gasteiger partial charge in [0, 0.05) is 23.3 Å². The van der Waals surface area contributed by atoms with Crippen LogP contribution in [0.15, 0.2) is 83.8 Å². The molecule has 0 aliphatic rings. The molecule has 0 saturated heterocycles. The second-order valence-electron chi connectivity index (χ2n) is 8.33. The molecule has 0 bridgehead atoms. The smallest absolute Gasteiger partial charge is 0.278 e. The molecule has 0 aliphatic heterocycles. The van der Waals surface area contributed by atoms with Crippen molar-refractivity contribution < 1.29 is 9.36 Å². The lowest BCUT2D eigenvalue weighted by molar-refractivity contribution is -0.649. The summed E-state index contributed by atoms with van der Waals surface area (Å²) in [6, 6.07) is 22.2. The fraction of sp³-hybridized carbons (Fsp3) is 0.111. The minimum Gasteiger partial charge on any atom is -0.348 e. The van der Waals surface area contributed by atoms with Crippen molar-refractivity contribution in [1.29, 1.82) is 0 Å². The van der Waals surface area contributed by atoms with E-state index in [1.54, 1.807) is 22.9 Å². The third-order valence-electron chi connectivity index (χ3n) is 6.00. The molecule has 0 fully saturated rings. The number of benzene rings is 2. The first-order valence-corrected chi connectivity index (χ1v) is 11.5. The average Bonchev–Trinajstić information content (AvgIpc) is 2.86. The van der Waals surface area contributed by atoms with Crippen molar-refractivity contribution in [2.24, 2.45) is 0 Å². The number of nitrogens with two attached hydrogens (primary N) is 1. The van der Waals surface area contributed by atoms with Gasteiger partial charge in [0.15, 0.2) is 0 Å². The number of halogens is 1. The second-order valence-corrected chi connectivity index (χ2v) is 8.74. The van der Waals surface area contributed by atoms with Crippen LogP contribution < -0.4 is 21.2 Å². The van der Waals surface area contributed by atoms with Crippen LogP contribution in [0.4, 0.5) is 5.82 Å². The molecule has 7 nitrogen and oxygen atoms in total. The van der Waals surface area contributed by atoms with E-state index in [1.807, 2.05) is 61.5 Å². The molecule has 0 atom stereocenters. The van der Waals surface area contributed by atoms with Crippen molar-refractivity contribution in [2.75, 3.05) is 5.73 Å². The number of nitrogen functional groups attached to an aromatic ring is 1. The van der Waals surface area contributed by atoms with Gasteiger partial charge in [-0.25, -0.2) is 4.57 Å². The number of hydrogen-bond donors (Lipinski definition) is 2. The topological polar surface area (TPSA) is 93.4 Å². The zero-order valence-corrected chi connectivity index (χ0v) is 19.8. The molecule has 0 unspecified atom stereocenters. The van der Waals surface area contributed by atoms with Crippen molar-refractivity contribution in [2.45, 2.75) is 20.0 Å². The molecule has 174 valence electrons. The lowest BCUT2D eigenvalue weighted by Crippen LogP contribution is -2.43. The number of hydrogen-bond acceptors (Lipinski definition) is 4. The molecule has 8 heteroatoms. The summed E-state index contributed by atoms with van der Waals surface area (Å²) < 4.78 is 3.22. The van der Waals surface area contributed by atoms with Crippen LogP contribution in [0.25, 0.3) is 16.7 Å². The Kier molecular flexibility index (Phi) is 5.93. The van der Waals surface area contributed by atoms with Crippen LogP contribution in [-0.4, -0.2) is 15.3 Å². The van der Waals surface area contributed by atoms with E-state index in [9.17, 15) is 9.59 Å². The van der Waals surface area contributed by atoms with E-state index in [0.717, 1.165) is 16.7 Å². The molecule has 5 rings (SSSR count). The number of aromatic nitrogens is 3. The SMILES string of the molecule is Cc1cccn2c(=O)c3cc(C(=O)NCc4ccccc4Cl)c(N)[n+](Cc4ccccc4)c3nc12. The number of pyridine rings is 2. The van der Waals surface area contributed by atoms with E-state index >= 15 is 0 Å². The Morgan fingerprint density at radius 1 is 1.09 bits per heavy atom. The third kappa shape index (κ3) is 4.22. The summed E-state index contributed by atoms with van der Waals surface area (Å²) in [6.07, 6.45) is 1.67. The van der Waals surface area contributed by atoms with Gasteiger partial charge in [0.1, 0.15) is 10.9 Å². The number of carbonyl (C=O) groups excluding carboxylic acids is 1. The minimum absolute atomic E-state index is 0.201. The van der Waals surface area contributed by atoms with E-state index in [0.29, 0.717) is 28.2 Å². The monoisotopic (exact) mass is 484 g/mol. The molecule has 2 aromatic carbocycles. The van der Waals surface area contributed by atoms with Gasteiger partial charge in [-0.05, 0) is 36.2 Å². The fourth-order valence-corrected chi connectivity index (χ4v) is 4.33. The zero-order chi connectivity index (χ0) is 24.5. The number of nitrogens with zero attached hydrogens (tertiary/aromatic N) is 3. The normalized spacial score (nSPS) is 11.1. The van der Waals surface area contributed by atoms with Gasteiger partial charge in [0.2, 0.25) is 11.5 Å². The zero-order valence-electron chi connectivity index (χ0n) is 19.0. The van der Waals surface area contributed by atoms with E-state index in [1.165, 1.54) is 10.5 Å². The molecule has 1 amide bonds. The minimum atomic E-state index is -0.403. The van der Waals surface area contributed by atoms with Gasteiger partial charge in [-0.3, -0.25) is 14.0 Å². The summed E-state index contributed by atoms with van der Waals surface area (Å²) in [7, 11) is 0. The fourth-order valence-electron chi connectivity index (χ4n) is 4.13. The third-order valence-corrected chi connectivity index (χ3v) is 6.37. The number of aryl methyl sites for hydroxylation is 1. The Labute approximate surface area is 206 Å². The quantitative estimate of drug-likeness (QED) is 0.294. The van der Waals surface area contributed by atoms with Gasteiger partial charge >= 0.3 is 0 Å². The summed E-state index contributed by atoms with van der Waals surface area (Å²) in [5, 5.41) is 3.74. The second kappa shape index (κ2) is 9.19. The molecule has 3 heterocycles. The highest BCUT2D eigenvalue weighted by molar-refractivity contribution is 6.31. The lowest BCUT2D eigenvalue weighted by Gasteiger charge is -2.13. The molecule has 5 aromatic rings. The van der Waals surface area contributed by atoms with Crippen molar-refractivity contribution in [3.05, 3.63) is 117 Å². The van der Waals surface area contributed by atoms with Gasteiger partial charge in [0.05, 0.1) is 6.54 Å². The van der Waals surface area contributed by atoms with Crippen LogP contribution in [-0.2, 0) is 13.1 Å². The van der Waals surface area contributed by atoms with Gasteiger partial charge in [-0.15, -0.1) is 0 Å². The van der Waals surface area contributed by atoms with Crippen molar-refractivity contribution >= 4 is 40.0 Å². The highest BCUT2D eigenvalue weighted by atomic mass is 35.5. The molecule has 0 saturated carbocycles. The highest BCUT2D eigenvalue weighted by Gasteiger charge is 2.25. The van der Waals surface area contributed by atoms with Crippen molar-refractivity contribution in [3.8, 4) is 0 Å². The van der Waals surface area contributed by atoms with Crippen LogP contribution in [0.5, 0.6) is 0 Å². The van der Waals surface area contributed by atoms with Crippen molar-refractivity contribution in [3.63, 3.8) is 0 Å². The molecule has 0 radical (unpaired) electrons. The number of rotatable bonds is 5. The van der Waals surface area contributed by atoms with Gasteiger partial charge in [0.25, 0.3) is 17.1 Å². The predicted molar refractivity (Wildman–Crippen MR) is 136 cm³/mol. The lowest BCUT2D eigenvalue weighted by atomic mass is 10.1. The van der Waals surface area contributed by atoms with Gasteiger partial charge in [-0.2, -0.15) is 0 Å². The number of amides is 1. The number of nitrogens with one attached hydrogen (secondary N) is 1. The van der Waals surface area contributed by atoms with Crippen LogP contribution in [0.2, 0.25) is 5.02 Å². The molecule has 3 aromatic heterocycles. The maximum absolute atomic E-state index is 13.5. The Morgan fingerprint density at radius 2 is 1.83 bits per heavy atom. The first kappa shape index (κ1) is 22.6. The van der Waals surface area contributed by atoms with E-state index in [4.69, 9.17) is 22.3 Å². The number of anilines is 1. The Morgan fingerprint density at radius 3 is 2.60 bits per heavy atom. The summed E-state index contributed by atoms with van der Waals surface area (Å²) in [5.74, 6) is -0.178. The first-order chi connectivity index (χ1) is 16.9. The molecule has 3 N–H and O–H groups in total. The largest absolute Gasteiger partial charge is 0.348 e. The molecular weight excluding hydrogens is 462 g/mol. The molecule has 0 aliphatic carbocycles. The van der Waals surface area contributed by atoms with Crippen LogP contribution >= 0.6 is 11.6 Å². The summed E-state index contributed by atoms with van der Waals surface area (Å²) in [5.41, 5.74) is 10.1. The summed E-state index contributed by atoms with van der Waals surface area (Å²) >= 11 is 6.24. The molecule has 0 spiro atoms. The van der Waals surface area contributed by atoms with Crippen LogP contribution in [0, 0.1) is 6.92 Å². The first-order valence-electron chi connectivity index (χ1n) is 11.1. The van der Waals surface area contributed by atoms with E-state index in [2.05, 4.69) is 5.32 Å². The van der Waals surface area contributed by atoms with Gasteiger partial charge < -0.3 is 11.1 Å². The van der Waals surface area contributed by atoms with Gasteiger partial charge in [-0.1, -0.05) is 71.2 Å². The van der Waals surface area contributed by atoms with Crippen LogP contribution in [0.1, 0.15) is 27.0 Å². The summed E-state index contributed by atoms with van der Waals surface area (Å²) in [6.45, 7) is 2.47. The molecular formula is C27H23ClN5O2+. The number of carbonyl (C=O) groups is 1. The van der Waals surface area contributed by atoms with Crippen molar-refractivity contribution in [1.82, 2.24) is 14.7 Å². The Balaban J connectivity index is 1.68. The Hall–Kier alpha value is -4.23. The highest BCUT2D eigenvalue weighted by Crippen LogP contribution is 2.18. The van der Waals surface area contributed by atoms with Crippen LogP contribution in [0.3, 0.4) is 0 Å². The number of fused-ring (bicyclic) bond motifs is 2. The summed E-state index contributed by atoms with van der Waals surface area (Å²) in [4.78, 5) is 31.5. The molecule has 35 heavy (non-hydrogen) atoms.